The number of hydrogen-bond donors (Lipinski definition) is 1. The van der Waals surface area contributed by atoms with Gasteiger partial charge in [0.05, 0.1) is 10.6 Å². The molecule has 1 amide bonds. The first-order chi connectivity index (χ1) is 9.22. The van der Waals surface area contributed by atoms with Crippen molar-refractivity contribution in [1.82, 2.24) is 4.98 Å². The average molecular weight is 275 g/mol. The van der Waals surface area contributed by atoms with Gasteiger partial charge in [0.1, 0.15) is 0 Å². The molecule has 0 aliphatic rings. The van der Waals surface area contributed by atoms with E-state index in [1.807, 2.05) is 24.3 Å². The molecule has 2 aromatic rings. The maximum absolute atomic E-state index is 12.2. The minimum absolute atomic E-state index is 0.235. The van der Waals surface area contributed by atoms with Crippen LogP contribution in [0.5, 0.6) is 0 Å². The quantitative estimate of drug-likeness (QED) is 0.917. The summed E-state index contributed by atoms with van der Waals surface area (Å²) < 4.78 is 0. The second kappa shape index (κ2) is 6.34. The highest BCUT2D eigenvalue weighted by atomic mass is 35.5. The maximum atomic E-state index is 12.2. The predicted molar refractivity (Wildman–Crippen MR) is 77.6 cm³/mol. The Hall–Kier alpha value is -1.87. The number of halogens is 1. The van der Waals surface area contributed by atoms with Crippen LogP contribution in [0.2, 0.25) is 5.02 Å². The fraction of sp³-hybridized carbons (Fsp3) is 0.200. The largest absolute Gasteiger partial charge is 0.322 e. The molecule has 1 N–H and O–H groups in total. The first-order valence-electron chi connectivity index (χ1n) is 6.21. The minimum atomic E-state index is -0.235. The third-order valence-corrected chi connectivity index (χ3v) is 3.13. The number of para-hydroxylation sites is 1. The average Bonchev–Trinajstić information content (AvgIpc) is 2.41. The van der Waals surface area contributed by atoms with E-state index in [-0.39, 0.29) is 5.91 Å². The van der Waals surface area contributed by atoms with Gasteiger partial charge in [-0.05, 0) is 24.1 Å². The summed E-state index contributed by atoms with van der Waals surface area (Å²) in [4.78, 5) is 16.1. The van der Waals surface area contributed by atoms with Gasteiger partial charge >= 0.3 is 0 Å². The van der Waals surface area contributed by atoms with E-state index in [9.17, 15) is 4.79 Å². The number of nitrogens with zero attached hydrogens (tertiary/aromatic N) is 1. The van der Waals surface area contributed by atoms with Crippen LogP contribution in [-0.4, -0.2) is 10.9 Å². The van der Waals surface area contributed by atoms with E-state index >= 15 is 0 Å². The van der Waals surface area contributed by atoms with Gasteiger partial charge in [0.25, 0.3) is 5.91 Å². The van der Waals surface area contributed by atoms with Crippen LogP contribution in [0.25, 0.3) is 0 Å². The molecule has 0 bridgehead atoms. The van der Waals surface area contributed by atoms with Crippen molar-refractivity contribution in [2.75, 3.05) is 5.32 Å². The van der Waals surface area contributed by atoms with Crippen LogP contribution < -0.4 is 5.32 Å². The number of aryl methyl sites for hydroxylation is 1. The van der Waals surface area contributed by atoms with Crippen molar-refractivity contribution in [3.05, 3.63) is 58.9 Å². The molecule has 0 radical (unpaired) electrons. The van der Waals surface area contributed by atoms with Crippen LogP contribution in [0.3, 0.4) is 0 Å². The molecule has 1 heterocycles. The molecule has 98 valence electrons. The van der Waals surface area contributed by atoms with Gasteiger partial charge in [-0.1, -0.05) is 43.1 Å². The summed E-state index contributed by atoms with van der Waals surface area (Å²) in [5.41, 5.74) is 2.34. The van der Waals surface area contributed by atoms with Gasteiger partial charge in [-0.2, -0.15) is 0 Å². The Balaban J connectivity index is 2.22. The van der Waals surface area contributed by atoms with Crippen LogP contribution in [0, 0.1) is 0 Å². The molecule has 19 heavy (non-hydrogen) atoms. The number of anilines is 1. The number of aromatic nitrogens is 1. The highest BCUT2D eigenvalue weighted by molar-refractivity contribution is 6.34. The highest BCUT2D eigenvalue weighted by Crippen LogP contribution is 2.20. The Morgan fingerprint density at radius 1 is 1.32 bits per heavy atom. The van der Waals surface area contributed by atoms with Gasteiger partial charge in [0, 0.05) is 18.1 Å². The Kier molecular flexibility index (Phi) is 4.53. The first kappa shape index (κ1) is 13.6. The zero-order chi connectivity index (χ0) is 13.7. The van der Waals surface area contributed by atoms with Crippen molar-refractivity contribution in [3.63, 3.8) is 0 Å². The van der Waals surface area contributed by atoms with Crippen LogP contribution in [0.1, 0.15) is 29.3 Å². The Morgan fingerprint density at radius 3 is 2.84 bits per heavy atom. The molecule has 0 aliphatic heterocycles. The molecule has 3 nitrogen and oxygen atoms in total. The summed E-state index contributed by atoms with van der Waals surface area (Å²) in [6.07, 6.45) is 4.99. The number of carbonyl (C=O) groups excluding carboxylic acids is 1. The van der Waals surface area contributed by atoms with Crippen molar-refractivity contribution in [2.24, 2.45) is 0 Å². The Bertz CT molecular complexity index is 584. The van der Waals surface area contributed by atoms with Crippen LogP contribution in [-0.2, 0) is 6.42 Å². The molecule has 4 heteroatoms. The lowest BCUT2D eigenvalue weighted by atomic mass is 10.1. The van der Waals surface area contributed by atoms with Gasteiger partial charge in [-0.15, -0.1) is 0 Å². The molecular formula is C15H15ClN2O. The molecule has 0 atom stereocenters. The maximum Gasteiger partial charge on any atom is 0.258 e. The number of pyridine rings is 1. The SMILES string of the molecule is CCCc1ccccc1NC(=O)c1cnccc1Cl. The number of benzene rings is 1. The summed E-state index contributed by atoms with van der Waals surface area (Å²) in [5, 5.41) is 3.29. The predicted octanol–water partition coefficient (Wildman–Crippen LogP) is 3.94. The lowest BCUT2D eigenvalue weighted by Gasteiger charge is -2.10. The number of hydrogen-bond acceptors (Lipinski definition) is 2. The van der Waals surface area contributed by atoms with E-state index in [4.69, 9.17) is 11.6 Å². The molecule has 0 saturated carbocycles. The number of carbonyl (C=O) groups is 1. The zero-order valence-corrected chi connectivity index (χ0v) is 11.4. The zero-order valence-electron chi connectivity index (χ0n) is 10.7. The molecule has 2 rings (SSSR count). The normalized spacial score (nSPS) is 10.2. The summed E-state index contributed by atoms with van der Waals surface area (Å²) >= 11 is 5.99. The molecule has 0 spiro atoms. The van der Waals surface area contributed by atoms with Crippen molar-refractivity contribution >= 4 is 23.2 Å². The van der Waals surface area contributed by atoms with E-state index in [1.165, 1.54) is 6.20 Å². The Labute approximate surface area is 117 Å². The summed E-state index contributed by atoms with van der Waals surface area (Å²) in [6, 6.07) is 9.39. The molecule has 0 saturated heterocycles. The van der Waals surface area contributed by atoms with E-state index < -0.39 is 0 Å². The van der Waals surface area contributed by atoms with Gasteiger partial charge in [0.15, 0.2) is 0 Å². The molecule has 1 aromatic heterocycles. The standard InChI is InChI=1S/C15H15ClN2O/c1-2-5-11-6-3-4-7-14(11)18-15(19)12-10-17-9-8-13(12)16/h3-4,6-10H,2,5H2,1H3,(H,18,19). The molecule has 0 aliphatic carbocycles. The summed E-state index contributed by atoms with van der Waals surface area (Å²) in [6.45, 7) is 2.11. The summed E-state index contributed by atoms with van der Waals surface area (Å²) in [5.74, 6) is -0.235. The van der Waals surface area contributed by atoms with E-state index in [2.05, 4.69) is 17.2 Å². The highest BCUT2D eigenvalue weighted by Gasteiger charge is 2.11. The molecular weight excluding hydrogens is 260 g/mol. The topological polar surface area (TPSA) is 42.0 Å². The molecule has 0 unspecified atom stereocenters. The number of nitrogens with one attached hydrogen (secondary N) is 1. The van der Waals surface area contributed by atoms with Crippen LogP contribution >= 0.6 is 11.6 Å². The van der Waals surface area contributed by atoms with Crippen LogP contribution in [0.15, 0.2) is 42.7 Å². The lowest BCUT2D eigenvalue weighted by Crippen LogP contribution is -2.14. The van der Waals surface area contributed by atoms with Gasteiger partial charge < -0.3 is 5.32 Å². The van der Waals surface area contributed by atoms with E-state index in [0.29, 0.717) is 10.6 Å². The van der Waals surface area contributed by atoms with E-state index in [1.54, 1.807) is 12.3 Å². The second-order valence-electron chi connectivity index (χ2n) is 4.22. The molecule has 1 aromatic carbocycles. The fourth-order valence-corrected chi connectivity index (χ4v) is 2.05. The second-order valence-corrected chi connectivity index (χ2v) is 4.62. The van der Waals surface area contributed by atoms with E-state index in [0.717, 1.165) is 24.1 Å². The van der Waals surface area contributed by atoms with Crippen molar-refractivity contribution in [1.29, 1.82) is 0 Å². The van der Waals surface area contributed by atoms with Gasteiger partial charge in [-0.3, -0.25) is 9.78 Å². The smallest absolute Gasteiger partial charge is 0.258 e. The first-order valence-corrected chi connectivity index (χ1v) is 6.59. The van der Waals surface area contributed by atoms with Gasteiger partial charge in [-0.25, -0.2) is 0 Å². The minimum Gasteiger partial charge on any atom is -0.322 e. The van der Waals surface area contributed by atoms with Crippen LogP contribution in [0.4, 0.5) is 5.69 Å². The molecule has 0 fully saturated rings. The third kappa shape index (κ3) is 3.32. The number of amides is 1. The van der Waals surface area contributed by atoms with Crippen molar-refractivity contribution in [2.45, 2.75) is 19.8 Å². The number of rotatable bonds is 4. The lowest BCUT2D eigenvalue weighted by molar-refractivity contribution is 0.102. The fourth-order valence-electron chi connectivity index (χ4n) is 1.86. The Morgan fingerprint density at radius 2 is 2.11 bits per heavy atom. The third-order valence-electron chi connectivity index (χ3n) is 2.80. The summed E-state index contributed by atoms with van der Waals surface area (Å²) in [7, 11) is 0. The van der Waals surface area contributed by atoms with Crippen molar-refractivity contribution in [3.8, 4) is 0 Å². The monoisotopic (exact) mass is 274 g/mol. The van der Waals surface area contributed by atoms with Crippen molar-refractivity contribution < 1.29 is 4.79 Å². The van der Waals surface area contributed by atoms with Gasteiger partial charge in [0.2, 0.25) is 0 Å².